The van der Waals surface area contributed by atoms with E-state index >= 15 is 0 Å². The third-order valence-corrected chi connectivity index (χ3v) is 2.27. The quantitative estimate of drug-likeness (QED) is 0.701. The molecule has 0 saturated carbocycles. The van der Waals surface area contributed by atoms with Crippen LogP contribution >= 0.6 is 0 Å². The van der Waals surface area contributed by atoms with Gasteiger partial charge in [0.1, 0.15) is 0 Å². The van der Waals surface area contributed by atoms with E-state index in [1.165, 1.54) is 11.3 Å². The maximum Gasteiger partial charge on any atom is 0.0411 e. The first-order valence-electron chi connectivity index (χ1n) is 4.71. The molecule has 1 rings (SSSR count). The molecule has 0 aromatic carbocycles. The van der Waals surface area contributed by atoms with Gasteiger partial charge in [0.05, 0.1) is 0 Å². The summed E-state index contributed by atoms with van der Waals surface area (Å²) in [5.74, 6) is 0. The van der Waals surface area contributed by atoms with Gasteiger partial charge >= 0.3 is 0 Å². The van der Waals surface area contributed by atoms with Crippen molar-refractivity contribution >= 4 is 0 Å². The van der Waals surface area contributed by atoms with Gasteiger partial charge in [-0.2, -0.15) is 0 Å². The number of hydrogen-bond donors (Lipinski definition) is 1. The molecule has 0 aliphatic carbocycles. The van der Waals surface area contributed by atoms with E-state index in [0.717, 1.165) is 25.1 Å². The zero-order valence-electron chi connectivity index (χ0n) is 8.51. The summed E-state index contributed by atoms with van der Waals surface area (Å²) < 4.78 is 0. The van der Waals surface area contributed by atoms with Gasteiger partial charge < -0.3 is 10.6 Å². The van der Waals surface area contributed by atoms with Crippen LogP contribution in [0.5, 0.6) is 0 Å². The van der Waals surface area contributed by atoms with E-state index in [-0.39, 0.29) is 0 Å². The zero-order valence-corrected chi connectivity index (χ0v) is 8.51. The van der Waals surface area contributed by atoms with Crippen molar-refractivity contribution in [1.82, 2.24) is 4.90 Å². The molecule has 0 spiro atoms. The third-order valence-electron chi connectivity index (χ3n) is 2.27. The highest BCUT2D eigenvalue weighted by Crippen LogP contribution is 2.24. The van der Waals surface area contributed by atoms with Crippen molar-refractivity contribution in [3.8, 4) is 0 Å². The van der Waals surface area contributed by atoms with Gasteiger partial charge in [-0.3, -0.25) is 0 Å². The highest BCUT2D eigenvalue weighted by molar-refractivity contribution is 5.36. The van der Waals surface area contributed by atoms with E-state index in [0.29, 0.717) is 0 Å². The Balaban J connectivity index is 2.80. The highest BCUT2D eigenvalue weighted by atomic mass is 15.1. The zero-order chi connectivity index (χ0) is 9.84. The SMILES string of the molecule is C=C1CCN(C)/C1=C/C(N)=C\CC. The smallest absolute Gasteiger partial charge is 0.0411 e. The minimum Gasteiger partial charge on any atom is -0.399 e. The molecular weight excluding hydrogens is 160 g/mol. The van der Waals surface area contributed by atoms with E-state index in [1.807, 2.05) is 12.2 Å². The van der Waals surface area contributed by atoms with Crippen LogP contribution in [0.25, 0.3) is 0 Å². The van der Waals surface area contributed by atoms with E-state index in [2.05, 4.69) is 25.5 Å². The highest BCUT2D eigenvalue weighted by Gasteiger charge is 2.16. The van der Waals surface area contributed by atoms with Crippen LogP contribution in [0.1, 0.15) is 19.8 Å². The van der Waals surface area contributed by atoms with Crippen LogP contribution in [-0.2, 0) is 0 Å². The molecule has 2 N–H and O–H groups in total. The molecule has 2 heteroatoms. The second-order valence-electron chi connectivity index (χ2n) is 3.42. The third kappa shape index (κ3) is 2.38. The van der Waals surface area contributed by atoms with Crippen LogP contribution in [-0.4, -0.2) is 18.5 Å². The summed E-state index contributed by atoms with van der Waals surface area (Å²) >= 11 is 0. The summed E-state index contributed by atoms with van der Waals surface area (Å²) in [6.07, 6.45) is 6.07. The van der Waals surface area contributed by atoms with Crippen molar-refractivity contribution < 1.29 is 0 Å². The number of allylic oxidation sites excluding steroid dienone is 3. The molecule has 2 nitrogen and oxygen atoms in total. The Labute approximate surface area is 80.4 Å². The maximum absolute atomic E-state index is 5.81. The molecule has 1 saturated heterocycles. The van der Waals surface area contributed by atoms with Crippen LogP contribution in [0.3, 0.4) is 0 Å². The molecule has 1 fully saturated rings. The van der Waals surface area contributed by atoms with E-state index in [4.69, 9.17) is 5.73 Å². The lowest BCUT2D eigenvalue weighted by Crippen LogP contribution is -2.11. The predicted octanol–water partition coefficient (Wildman–Crippen LogP) is 2.01. The minimum atomic E-state index is 0.840. The van der Waals surface area contributed by atoms with Crippen molar-refractivity contribution in [2.24, 2.45) is 5.73 Å². The summed E-state index contributed by atoms with van der Waals surface area (Å²) in [5, 5.41) is 0. The Bertz CT molecular complexity index is 261. The van der Waals surface area contributed by atoms with E-state index in [9.17, 15) is 0 Å². The Morgan fingerprint density at radius 3 is 2.85 bits per heavy atom. The average molecular weight is 178 g/mol. The van der Waals surface area contributed by atoms with Gasteiger partial charge in [0, 0.05) is 25.0 Å². The molecule has 0 radical (unpaired) electrons. The number of hydrogen-bond acceptors (Lipinski definition) is 2. The summed E-state index contributed by atoms with van der Waals surface area (Å²) in [6, 6.07) is 0. The Morgan fingerprint density at radius 1 is 1.69 bits per heavy atom. The van der Waals surface area contributed by atoms with E-state index in [1.54, 1.807) is 0 Å². The van der Waals surface area contributed by atoms with Crippen LogP contribution in [0.4, 0.5) is 0 Å². The average Bonchev–Trinajstić information content (AvgIpc) is 2.36. The lowest BCUT2D eigenvalue weighted by Gasteiger charge is -2.12. The van der Waals surface area contributed by atoms with Crippen molar-refractivity contribution in [3.05, 3.63) is 35.7 Å². The van der Waals surface area contributed by atoms with Crippen LogP contribution < -0.4 is 5.73 Å². The second kappa shape index (κ2) is 4.17. The van der Waals surface area contributed by atoms with Crippen LogP contribution in [0, 0.1) is 0 Å². The number of nitrogens with two attached hydrogens (primary N) is 1. The van der Waals surface area contributed by atoms with Crippen LogP contribution in [0.15, 0.2) is 35.7 Å². The molecule has 1 heterocycles. The molecule has 0 aromatic heterocycles. The number of rotatable bonds is 2. The Kier molecular flexibility index (Phi) is 3.18. The number of likely N-dealkylation sites (tertiary alicyclic amines) is 1. The minimum absolute atomic E-state index is 0.840. The second-order valence-corrected chi connectivity index (χ2v) is 3.42. The normalized spacial score (nSPS) is 21.7. The molecule has 1 aliphatic rings. The summed E-state index contributed by atoms with van der Waals surface area (Å²) in [4.78, 5) is 2.19. The lowest BCUT2D eigenvalue weighted by molar-refractivity contribution is 0.482. The van der Waals surface area contributed by atoms with Gasteiger partial charge in [0.15, 0.2) is 0 Å². The fraction of sp³-hybridized carbons (Fsp3) is 0.455. The predicted molar refractivity (Wildman–Crippen MR) is 57.0 cm³/mol. The molecular formula is C11H18N2. The first kappa shape index (κ1) is 9.90. The molecule has 1 aliphatic heterocycles. The fourth-order valence-electron chi connectivity index (χ4n) is 1.49. The lowest BCUT2D eigenvalue weighted by atomic mass is 10.2. The van der Waals surface area contributed by atoms with Gasteiger partial charge in [-0.15, -0.1) is 0 Å². The van der Waals surface area contributed by atoms with Gasteiger partial charge in [0.25, 0.3) is 0 Å². The van der Waals surface area contributed by atoms with Crippen molar-refractivity contribution in [2.45, 2.75) is 19.8 Å². The van der Waals surface area contributed by atoms with Crippen LogP contribution in [0.2, 0.25) is 0 Å². The molecule has 0 unspecified atom stereocenters. The molecule has 0 atom stereocenters. The molecule has 0 aromatic rings. The van der Waals surface area contributed by atoms with E-state index < -0.39 is 0 Å². The Hall–Kier alpha value is -1.18. The standard InChI is InChI=1S/C11H18N2/c1-4-5-10(12)8-11-9(2)6-7-13(11)3/h5,8H,2,4,6-7,12H2,1,3H3/b10-5+,11-8+. The number of likely N-dealkylation sites (N-methyl/N-ethyl adjacent to an activating group) is 1. The van der Waals surface area contributed by atoms with Gasteiger partial charge in [0.2, 0.25) is 0 Å². The van der Waals surface area contributed by atoms with Crippen molar-refractivity contribution in [3.63, 3.8) is 0 Å². The topological polar surface area (TPSA) is 29.3 Å². The first-order valence-corrected chi connectivity index (χ1v) is 4.71. The number of nitrogens with zero attached hydrogens (tertiary/aromatic N) is 1. The molecule has 0 amide bonds. The molecule has 13 heavy (non-hydrogen) atoms. The Morgan fingerprint density at radius 2 is 2.38 bits per heavy atom. The van der Waals surface area contributed by atoms with Gasteiger partial charge in [-0.1, -0.05) is 19.6 Å². The van der Waals surface area contributed by atoms with Gasteiger partial charge in [-0.25, -0.2) is 0 Å². The fourth-order valence-corrected chi connectivity index (χ4v) is 1.49. The monoisotopic (exact) mass is 178 g/mol. The first-order chi connectivity index (χ1) is 6.15. The van der Waals surface area contributed by atoms with Gasteiger partial charge in [-0.05, 0) is 24.5 Å². The summed E-state index contributed by atoms with van der Waals surface area (Å²) in [5.41, 5.74) is 9.02. The summed E-state index contributed by atoms with van der Waals surface area (Å²) in [7, 11) is 2.07. The largest absolute Gasteiger partial charge is 0.399 e. The molecule has 72 valence electrons. The maximum atomic E-state index is 5.81. The molecule has 0 bridgehead atoms. The van der Waals surface area contributed by atoms with Crippen molar-refractivity contribution in [1.29, 1.82) is 0 Å². The van der Waals surface area contributed by atoms with Crippen molar-refractivity contribution in [2.75, 3.05) is 13.6 Å². The summed E-state index contributed by atoms with van der Waals surface area (Å²) in [6.45, 7) is 7.15.